The molecular weight excluding hydrogens is 274 g/mol. The van der Waals surface area contributed by atoms with Gasteiger partial charge in [0.2, 0.25) is 0 Å². The van der Waals surface area contributed by atoms with Gasteiger partial charge in [-0.15, -0.1) is 0 Å². The fourth-order valence-corrected chi connectivity index (χ4v) is 3.34. The number of phenolic OH excluding ortho intramolecular Hbond substituents is 1. The molecule has 0 spiro atoms. The van der Waals surface area contributed by atoms with Gasteiger partial charge in [-0.05, 0) is 31.9 Å². The van der Waals surface area contributed by atoms with Gasteiger partial charge in [0.15, 0.2) is 11.5 Å². The first-order chi connectivity index (χ1) is 9.51. The van der Waals surface area contributed by atoms with Crippen LogP contribution in [0.1, 0.15) is 38.2 Å². The Morgan fingerprint density at radius 1 is 1.40 bits per heavy atom. The summed E-state index contributed by atoms with van der Waals surface area (Å²) in [5.41, 5.74) is 0.829. The molecule has 0 saturated heterocycles. The minimum absolute atomic E-state index is 0.201. The quantitative estimate of drug-likeness (QED) is 0.909. The van der Waals surface area contributed by atoms with Gasteiger partial charge in [-0.3, -0.25) is 4.90 Å². The van der Waals surface area contributed by atoms with Crippen molar-refractivity contribution in [2.75, 3.05) is 14.2 Å². The minimum Gasteiger partial charge on any atom is -0.504 e. The Labute approximate surface area is 126 Å². The van der Waals surface area contributed by atoms with Crippen molar-refractivity contribution in [1.29, 1.82) is 0 Å². The average Bonchev–Trinajstić information content (AvgIpc) is 2.42. The predicted molar refractivity (Wildman–Crippen MR) is 82.6 cm³/mol. The highest BCUT2D eigenvalue weighted by Crippen LogP contribution is 2.35. The third-order valence-corrected chi connectivity index (χ3v) is 4.51. The van der Waals surface area contributed by atoms with Gasteiger partial charge in [0.1, 0.15) is 0 Å². The van der Waals surface area contributed by atoms with Gasteiger partial charge in [0, 0.05) is 29.2 Å². The first kappa shape index (κ1) is 15.5. The van der Waals surface area contributed by atoms with Gasteiger partial charge in [0.25, 0.3) is 0 Å². The highest BCUT2D eigenvalue weighted by atomic mass is 35.5. The fourth-order valence-electron chi connectivity index (χ4n) is 3.10. The van der Waals surface area contributed by atoms with Crippen LogP contribution in [-0.2, 0) is 6.54 Å². The van der Waals surface area contributed by atoms with Crippen LogP contribution < -0.4 is 4.74 Å². The molecule has 2 rings (SSSR count). The summed E-state index contributed by atoms with van der Waals surface area (Å²) in [6, 6.07) is 4.05. The molecule has 20 heavy (non-hydrogen) atoms. The second-order valence-corrected chi connectivity index (χ2v) is 6.39. The van der Waals surface area contributed by atoms with Crippen molar-refractivity contribution in [2.24, 2.45) is 5.92 Å². The van der Waals surface area contributed by atoms with Crippen LogP contribution in [0, 0.1) is 5.92 Å². The second-order valence-electron chi connectivity index (χ2n) is 5.96. The average molecular weight is 298 g/mol. The molecule has 0 amide bonds. The minimum atomic E-state index is 0.201. The topological polar surface area (TPSA) is 32.7 Å². The van der Waals surface area contributed by atoms with Crippen LogP contribution in [-0.4, -0.2) is 30.2 Å². The highest BCUT2D eigenvalue weighted by molar-refractivity contribution is 6.30. The highest BCUT2D eigenvalue weighted by Gasteiger charge is 2.23. The number of hydrogen-bond acceptors (Lipinski definition) is 3. The number of ether oxygens (including phenoxy) is 1. The number of rotatable bonds is 4. The molecule has 0 radical (unpaired) electrons. The van der Waals surface area contributed by atoms with Gasteiger partial charge in [-0.25, -0.2) is 0 Å². The Morgan fingerprint density at radius 3 is 2.80 bits per heavy atom. The second kappa shape index (κ2) is 6.68. The van der Waals surface area contributed by atoms with Crippen LogP contribution in [0.4, 0.5) is 0 Å². The molecule has 0 heterocycles. The van der Waals surface area contributed by atoms with Gasteiger partial charge in [-0.2, -0.15) is 0 Å². The van der Waals surface area contributed by atoms with E-state index < -0.39 is 0 Å². The Balaban J connectivity index is 2.11. The van der Waals surface area contributed by atoms with E-state index in [4.69, 9.17) is 16.3 Å². The molecule has 1 fully saturated rings. The first-order valence-electron chi connectivity index (χ1n) is 7.27. The smallest absolute Gasteiger partial charge is 0.162 e. The van der Waals surface area contributed by atoms with E-state index in [9.17, 15) is 5.11 Å². The lowest BCUT2D eigenvalue weighted by molar-refractivity contribution is 0.156. The van der Waals surface area contributed by atoms with E-state index in [0.29, 0.717) is 23.4 Å². The summed E-state index contributed by atoms with van der Waals surface area (Å²) in [7, 11) is 3.66. The van der Waals surface area contributed by atoms with E-state index in [1.807, 2.05) is 6.07 Å². The maximum atomic E-state index is 10.2. The number of benzene rings is 1. The maximum Gasteiger partial charge on any atom is 0.162 e. The van der Waals surface area contributed by atoms with Crippen LogP contribution in [0.2, 0.25) is 5.02 Å². The molecule has 4 heteroatoms. The molecule has 0 bridgehead atoms. The Kier molecular flexibility index (Phi) is 5.17. The van der Waals surface area contributed by atoms with E-state index in [1.54, 1.807) is 13.2 Å². The maximum absolute atomic E-state index is 10.2. The van der Waals surface area contributed by atoms with Crippen molar-refractivity contribution < 1.29 is 9.84 Å². The number of phenols is 1. The fraction of sp³-hybridized carbons (Fsp3) is 0.625. The van der Waals surface area contributed by atoms with E-state index in [1.165, 1.54) is 25.7 Å². The van der Waals surface area contributed by atoms with Gasteiger partial charge in [0.05, 0.1) is 7.11 Å². The van der Waals surface area contributed by atoms with Crippen LogP contribution in [0.15, 0.2) is 12.1 Å². The molecule has 1 aromatic rings. The first-order valence-corrected chi connectivity index (χ1v) is 7.64. The number of aromatic hydroxyl groups is 1. The predicted octanol–water partition coefficient (Wildman–Crippen LogP) is 4.06. The lowest BCUT2D eigenvalue weighted by Crippen LogP contribution is -2.35. The van der Waals surface area contributed by atoms with E-state index in [0.717, 1.165) is 11.5 Å². The van der Waals surface area contributed by atoms with E-state index in [2.05, 4.69) is 18.9 Å². The number of hydrogen-bond donors (Lipinski definition) is 1. The van der Waals surface area contributed by atoms with Crippen molar-refractivity contribution in [3.05, 3.63) is 22.7 Å². The molecule has 1 aliphatic carbocycles. The Hall–Kier alpha value is -0.930. The molecule has 2 unspecified atom stereocenters. The molecule has 1 aromatic carbocycles. The summed E-state index contributed by atoms with van der Waals surface area (Å²) in [5.74, 6) is 1.43. The summed E-state index contributed by atoms with van der Waals surface area (Å²) >= 11 is 6.08. The van der Waals surface area contributed by atoms with Gasteiger partial charge in [-0.1, -0.05) is 31.4 Å². The Bertz CT molecular complexity index is 464. The molecule has 0 aliphatic heterocycles. The zero-order valence-electron chi connectivity index (χ0n) is 12.5. The van der Waals surface area contributed by atoms with Crippen LogP contribution in [0.5, 0.6) is 11.5 Å². The molecule has 1 N–H and O–H groups in total. The number of methoxy groups -OCH3 is 1. The largest absolute Gasteiger partial charge is 0.504 e. The molecule has 0 aromatic heterocycles. The number of halogens is 1. The molecule has 3 nitrogen and oxygen atoms in total. The van der Waals surface area contributed by atoms with Crippen molar-refractivity contribution in [2.45, 2.75) is 45.2 Å². The van der Waals surface area contributed by atoms with Crippen molar-refractivity contribution in [3.8, 4) is 11.5 Å². The lowest BCUT2D eigenvalue weighted by atomic mass is 9.86. The van der Waals surface area contributed by atoms with Crippen LogP contribution >= 0.6 is 11.6 Å². The molecule has 112 valence electrons. The standard InChI is InChI=1S/C16H24ClNO2/c1-11-5-4-6-14(7-11)18(2)10-12-8-13(17)9-15(20-3)16(12)19/h8-9,11,14,19H,4-7,10H2,1-3H3. The summed E-state index contributed by atoms with van der Waals surface area (Å²) < 4.78 is 5.16. The summed E-state index contributed by atoms with van der Waals surface area (Å²) in [4.78, 5) is 2.32. The van der Waals surface area contributed by atoms with Crippen LogP contribution in [0.3, 0.4) is 0 Å². The van der Waals surface area contributed by atoms with Crippen LogP contribution in [0.25, 0.3) is 0 Å². The Morgan fingerprint density at radius 2 is 2.15 bits per heavy atom. The monoisotopic (exact) mass is 297 g/mol. The summed E-state index contributed by atoms with van der Waals surface area (Å²) in [6.07, 6.45) is 5.09. The normalized spacial score (nSPS) is 23.1. The summed E-state index contributed by atoms with van der Waals surface area (Å²) in [6.45, 7) is 3.01. The summed E-state index contributed by atoms with van der Waals surface area (Å²) in [5, 5.41) is 10.8. The van der Waals surface area contributed by atoms with Crippen molar-refractivity contribution in [3.63, 3.8) is 0 Å². The molecule has 1 saturated carbocycles. The zero-order valence-corrected chi connectivity index (χ0v) is 13.3. The lowest BCUT2D eigenvalue weighted by Gasteiger charge is -2.34. The van der Waals surface area contributed by atoms with Crippen molar-refractivity contribution in [1.82, 2.24) is 4.90 Å². The molecule has 2 atom stereocenters. The number of nitrogens with zero attached hydrogens (tertiary/aromatic N) is 1. The van der Waals surface area contributed by atoms with Crippen molar-refractivity contribution >= 4 is 11.6 Å². The third kappa shape index (κ3) is 3.58. The SMILES string of the molecule is COc1cc(Cl)cc(CN(C)C2CCCC(C)C2)c1O. The van der Waals surface area contributed by atoms with E-state index in [-0.39, 0.29) is 5.75 Å². The molecular formula is C16H24ClNO2. The zero-order chi connectivity index (χ0) is 14.7. The van der Waals surface area contributed by atoms with Gasteiger partial charge < -0.3 is 9.84 Å². The molecule has 1 aliphatic rings. The van der Waals surface area contributed by atoms with E-state index >= 15 is 0 Å². The van der Waals surface area contributed by atoms with Gasteiger partial charge >= 0.3 is 0 Å². The third-order valence-electron chi connectivity index (χ3n) is 4.29.